The number of aryl methyl sites for hydroxylation is 2. The van der Waals surface area contributed by atoms with Gasteiger partial charge in [-0.2, -0.15) is 18.3 Å². The predicted octanol–water partition coefficient (Wildman–Crippen LogP) is 2.94. The van der Waals surface area contributed by atoms with Crippen LogP contribution in [0.15, 0.2) is 29.3 Å². The van der Waals surface area contributed by atoms with Gasteiger partial charge in [0.1, 0.15) is 22.4 Å². The molecule has 0 fully saturated rings. The normalized spacial score (nSPS) is 16.1. The van der Waals surface area contributed by atoms with Gasteiger partial charge in [-0.15, -0.1) is 0 Å². The van der Waals surface area contributed by atoms with Gasteiger partial charge in [-0.05, 0) is 59.7 Å². The molecule has 2 aromatic rings. The molecule has 3 N–H and O–H groups in total. The fourth-order valence-electron chi connectivity index (χ4n) is 3.61. The zero-order valence-electron chi connectivity index (χ0n) is 22.8. The third-order valence-corrected chi connectivity index (χ3v) is 7.89. The Morgan fingerprint density at radius 2 is 1.88 bits per heavy atom. The second-order valence-electron chi connectivity index (χ2n) is 10.2. The fraction of sp³-hybridized carbons (Fsp3) is 0.542. The molecule has 1 aliphatic heterocycles. The minimum Gasteiger partial charge on any atom is -0.484 e. The van der Waals surface area contributed by atoms with Crippen LogP contribution in [-0.4, -0.2) is 71.9 Å². The van der Waals surface area contributed by atoms with Gasteiger partial charge >= 0.3 is 12.3 Å². The van der Waals surface area contributed by atoms with E-state index in [1.807, 2.05) is 0 Å². The summed E-state index contributed by atoms with van der Waals surface area (Å²) in [5.74, 6) is -0.636. The Bertz CT molecular complexity index is 1380. The summed E-state index contributed by atoms with van der Waals surface area (Å²) in [6.07, 6.45) is -5.74. The van der Waals surface area contributed by atoms with Crippen molar-refractivity contribution in [2.45, 2.75) is 76.5 Å². The Morgan fingerprint density at radius 3 is 2.42 bits per heavy atom. The van der Waals surface area contributed by atoms with E-state index < -0.39 is 45.5 Å². The maximum absolute atomic E-state index is 13.8. The fourth-order valence-corrected chi connectivity index (χ4v) is 5.28. The summed E-state index contributed by atoms with van der Waals surface area (Å²) in [4.78, 5) is 24.3. The van der Waals surface area contributed by atoms with E-state index in [1.54, 1.807) is 6.92 Å². The quantitative estimate of drug-likeness (QED) is 0.424. The van der Waals surface area contributed by atoms with Gasteiger partial charge in [0.05, 0.1) is 24.5 Å². The van der Waals surface area contributed by atoms with Crippen LogP contribution in [0.4, 0.5) is 29.3 Å². The van der Waals surface area contributed by atoms with E-state index in [2.05, 4.69) is 20.5 Å². The van der Waals surface area contributed by atoms with Crippen molar-refractivity contribution in [3.63, 3.8) is 0 Å². The largest absolute Gasteiger partial charge is 0.484 e. The summed E-state index contributed by atoms with van der Waals surface area (Å²) in [5, 5.41) is 18.8. The van der Waals surface area contributed by atoms with Crippen LogP contribution in [-0.2, 0) is 26.1 Å². The molecule has 0 radical (unpaired) electrons. The lowest BCUT2D eigenvalue weighted by Gasteiger charge is -2.36. The lowest BCUT2D eigenvalue weighted by Crippen LogP contribution is -2.51. The number of anilines is 2. The number of hydrogen-bond donors (Lipinski definition) is 3. The predicted molar refractivity (Wildman–Crippen MR) is 138 cm³/mol. The molecule has 12 nitrogen and oxygen atoms in total. The third kappa shape index (κ3) is 6.60. The van der Waals surface area contributed by atoms with Crippen molar-refractivity contribution < 1.29 is 45.8 Å². The molecular weight excluding hydrogens is 559 g/mol. The molecule has 3 rings (SSSR count). The Hall–Kier alpha value is -3.53. The zero-order chi connectivity index (χ0) is 30.3. The van der Waals surface area contributed by atoms with Crippen LogP contribution in [0.5, 0.6) is 5.75 Å². The van der Waals surface area contributed by atoms with Gasteiger partial charge in [0.2, 0.25) is 5.60 Å². The average Bonchev–Trinajstić information content (AvgIpc) is 3.21. The second kappa shape index (κ2) is 10.8. The van der Waals surface area contributed by atoms with Crippen molar-refractivity contribution >= 4 is 33.4 Å². The minimum absolute atomic E-state index is 0.0124. The zero-order valence-corrected chi connectivity index (χ0v) is 23.6. The Labute approximate surface area is 229 Å². The Morgan fingerprint density at radius 1 is 1.23 bits per heavy atom. The number of carbonyl (C=O) groups excluding carboxylic acids is 2. The van der Waals surface area contributed by atoms with Gasteiger partial charge in [0.25, 0.3) is 15.9 Å². The van der Waals surface area contributed by atoms with E-state index in [4.69, 9.17) is 4.74 Å². The van der Waals surface area contributed by atoms with Crippen molar-refractivity contribution in [3.8, 4) is 5.75 Å². The highest BCUT2D eigenvalue weighted by Gasteiger charge is 2.51. The van der Waals surface area contributed by atoms with Gasteiger partial charge in [-0.25, -0.2) is 13.2 Å². The highest BCUT2D eigenvalue weighted by atomic mass is 32.2. The van der Waals surface area contributed by atoms with Crippen LogP contribution >= 0.6 is 0 Å². The van der Waals surface area contributed by atoms with Crippen LogP contribution in [0.1, 0.15) is 40.3 Å². The summed E-state index contributed by atoms with van der Waals surface area (Å²) in [5.41, 5.74) is -4.29. The smallest absolute Gasteiger partial charge is 0.427 e. The molecule has 1 aromatic carbocycles. The number of hydrogen-bond acceptors (Lipinski definition) is 8. The van der Waals surface area contributed by atoms with Crippen LogP contribution in [0.3, 0.4) is 0 Å². The maximum atomic E-state index is 13.8. The van der Waals surface area contributed by atoms with E-state index in [0.29, 0.717) is 20.4 Å². The summed E-state index contributed by atoms with van der Waals surface area (Å²) in [6.45, 7) is 7.25. The molecule has 2 heterocycles. The molecule has 1 aliphatic rings. The number of amides is 2. The van der Waals surface area contributed by atoms with Crippen molar-refractivity contribution in [2.75, 3.05) is 22.7 Å². The standard InChI is InChI=1S/C24H32F3N5O7S/c1-7-31-13-19(14(2)30-31)40(36,37)32-12-16(11-28-20(33)22(3,4)35)38-18-9-8-15(10-17(18)32)29-21(34)39-23(5,6)24(25,26)27/h8-10,13,16,35H,7,11-12H2,1-6H3,(H,28,33)(H,29,34). The Kier molecular flexibility index (Phi) is 8.37. The number of halogens is 3. The topological polar surface area (TPSA) is 152 Å². The average molecular weight is 592 g/mol. The lowest BCUT2D eigenvalue weighted by atomic mass is 10.1. The molecule has 16 heteroatoms. The molecular formula is C24H32F3N5O7S. The number of sulfonamides is 1. The molecule has 222 valence electrons. The van der Waals surface area contributed by atoms with Crippen molar-refractivity contribution in [3.05, 3.63) is 30.1 Å². The molecule has 2 amide bonds. The number of fused-ring (bicyclic) bond motifs is 1. The molecule has 1 unspecified atom stereocenters. The van der Waals surface area contributed by atoms with E-state index in [0.717, 1.165) is 4.31 Å². The minimum atomic E-state index is -4.82. The number of nitrogens with zero attached hydrogens (tertiary/aromatic N) is 3. The molecule has 0 spiro atoms. The number of alkyl halides is 3. The number of rotatable bonds is 8. The van der Waals surface area contributed by atoms with Crippen LogP contribution < -0.4 is 19.7 Å². The third-order valence-electron chi connectivity index (χ3n) is 6.01. The van der Waals surface area contributed by atoms with Crippen LogP contribution in [0.25, 0.3) is 0 Å². The first kappa shape index (κ1) is 31.0. The highest BCUT2D eigenvalue weighted by Crippen LogP contribution is 2.40. The Balaban J connectivity index is 1.97. The molecule has 1 atom stereocenters. The van der Waals surface area contributed by atoms with E-state index in [9.17, 15) is 36.3 Å². The van der Waals surface area contributed by atoms with Crippen molar-refractivity contribution in [1.29, 1.82) is 0 Å². The number of carbonyl (C=O) groups is 2. The molecule has 40 heavy (non-hydrogen) atoms. The summed E-state index contributed by atoms with van der Waals surface area (Å²) < 4.78 is 79.9. The second-order valence-corrected chi connectivity index (χ2v) is 12.0. The monoisotopic (exact) mass is 591 g/mol. The maximum Gasteiger partial charge on any atom is 0.427 e. The van der Waals surface area contributed by atoms with Crippen molar-refractivity contribution in [1.82, 2.24) is 15.1 Å². The van der Waals surface area contributed by atoms with Gasteiger partial charge < -0.3 is 19.9 Å². The molecule has 0 bridgehead atoms. The molecule has 0 saturated heterocycles. The first-order valence-electron chi connectivity index (χ1n) is 12.2. The van der Waals surface area contributed by atoms with Gasteiger partial charge in [-0.1, -0.05) is 0 Å². The van der Waals surface area contributed by atoms with Crippen LogP contribution in [0, 0.1) is 6.92 Å². The molecule has 0 aliphatic carbocycles. The highest BCUT2D eigenvalue weighted by molar-refractivity contribution is 7.92. The van der Waals surface area contributed by atoms with Gasteiger partial charge in [0, 0.05) is 18.4 Å². The molecule has 1 aromatic heterocycles. The van der Waals surface area contributed by atoms with Crippen LogP contribution in [0.2, 0.25) is 0 Å². The number of benzene rings is 1. The lowest BCUT2D eigenvalue weighted by molar-refractivity contribution is -0.242. The van der Waals surface area contributed by atoms with Gasteiger partial charge in [0.15, 0.2) is 0 Å². The SMILES string of the molecule is CCn1cc(S(=O)(=O)N2CC(CNC(=O)C(C)(C)O)Oc3ccc(NC(=O)OC(C)(C)C(F)(F)F)cc32)c(C)n1. The van der Waals surface area contributed by atoms with E-state index in [1.165, 1.54) is 49.8 Å². The first-order chi connectivity index (χ1) is 18.3. The number of ether oxygens (including phenoxy) is 2. The molecule has 0 saturated carbocycles. The number of aromatic nitrogens is 2. The summed E-state index contributed by atoms with van der Waals surface area (Å²) >= 11 is 0. The summed E-state index contributed by atoms with van der Waals surface area (Å²) in [6, 6.07) is 3.85. The number of aliphatic hydroxyl groups is 1. The first-order valence-corrected chi connectivity index (χ1v) is 13.6. The summed E-state index contributed by atoms with van der Waals surface area (Å²) in [7, 11) is -4.27. The van der Waals surface area contributed by atoms with E-state index in [-0.39, 0.29) is 40.8 Å². The van der Waals surface area contributed by atoms with Gasteiger partial charge in [-0.3, -0.25) is 19.1 Å². The number of nitrogens with one attached hydrogen (secondary N) is 2. The van der Waals surface area contributed by atoms with E-state index >= 15 is 0 Å². The van der Waals surface area contributed by atoms with Crippen molar-refractivity contribution in [2.24, 2.45) is 0 Å².